The Labute approximate surface area is 134 Å². The van der Waals surface area contributed by atoms with Crippen LogP contribution in [0.4, 0.5) is 8.78 Å². The van der Waals surface area contributed by atoms with Crippen molar-refractivity contribution in [3.8, 4) is 0 Å². The number of nitrogens with one attached hydrogen (secondary N) is 1. The highest BCUT2D eigenvalue weighted by molar-refractivity contribution is 5.95. The molecule has 3 rings (SSSR count). The number of nitrogens with two attached hydrogens (primary N) is 1. The molecule has 5 N–H and O–H groups in total. The van der Waals surface area contributed by atoms with E-state index in [0.29, 0.717) is 6.07 Å². The zero-order valence-electron chi connectivity index (χ0n) is 12.2. The summed E-state index contributed by atoms with van der Waals surface area (Å²) in [6.45, 7) is 0. The van der Waals surface area contributed by atoms with Crippen molar-refractivity contribution >= 4 is 17.8 Å². The molecule has 24 heavy (non-hydrogen) atoms. The number of aliphatic carboxylic acids is 2. The molecule has 2 fully saturated rings. The number of carboxylic acids is 2. The molecule has 5 atom stereocenters. The summed E-state index contributed by atoms with van der Waals surface area (Å²) >= 11 is 0. The molecule has 0 spiro atoms. The highest BCUT2D eigenvalue weighted by atomic mass is 19.1. The molecule has 1 aromatic rings. The monoisotopic (exact) mass is 340 g/mol. The zero-order chi connectivity index (χ0) is 17.8. The van der Waals surface area contributed by atoms with Crippen molar-refractivity contribution in [1.82, 2.24) is 5.32 Å². The smallest absolute Gasteiger partial charge is 0.324 e. The molecular weight excluding hydrogens is 326 g/mol. The first-order valence-electron chi connectivity index (χ1n) is 7.17. The maximum Gasteiger partial charge on any atom is 0.324 e. The molecule has 2 aliphatic carbocycles. The molecular formula is C15H14F2N2O5. The van der Waals surface area contributed by atoms with E-state index < -0.39 is 58.8 Å². The van der Waals surface area contributed by atoms with Gasteiger partial charge < -0.3 is 21.3 Å². The van der Waals surface area contributed by atoms with Gasteiger partial charge in [-0.25, -0.2) is 8.78 Å². The van der Waals surface area contributed by atoms with Crippen molar-refractivity contribution in [3.63, 3.8) is 0 Å². The van der Waals surface area contributed by atoms with Gasteiger partial charge in [0.2, 0.25) is 0 Å². The predicted octanol–water partition coefficient (Wildman–Crippen LogP) is 0.196. The minimum absolute atomic E-state index is 0.148. The van der Waals surface area contributed by atoms with Gasteiger partial charge in [0.05, 0.1) is 5.92 Å². The summed E-state index contributed by atoms with van der Waals surface area (Å²) in [5, 5.41) is 20.9. The molecule has 0 aromatic heterocycles. The Morgan fingerprint density at radius 1 is 1.17 bits per heavy atom. The third-order valence-corrected chi connectivity index (χ3v) is 4.82. The van der Waals surface area contributed by atoms with E-state index in [-0.39, 0.29) is 12.0 Å². The van der Waals surface area contributed by atoms with Crippen molar-refractivity contribution in [3.05, 3.63) is 35.4 Å². The highest BCUT2D eigenvalue weighted by Crippen LogP contribution is 2.61. The fourth-order valence-corrected chi connectivity index (χ4v) is 3.77. The number of carboxylic acid groups (broad SMARTS) is 2. The lowest BCUT2D eigenvalue weighted by molar-refractivity contribution is -0.145. The zero-order valence-corrected chi connectivity index (χ0v) is 12.2. The molecule has 7 nitrogen and oxygen atoms in total. The van der Waals surface area contributed by atoms with Gasteiger partial charge in [-0.1, -0.05) is 0 Å². The standard InChI is InChI=1S/C15H14F2N2O5/c16-6-1-5(2-7(17)3-6)12(20)19-8-4-15(18,14(23)24)11-9(8)10(11)13(21)22/h1-3,8-11H,4,18H2,(H,19,20)(H,21,22)(H,23,24)/t8-,9-,10-,11-,15-/m0/s1. The van der Waals surface area contributed by atoms with E-state index in [2.05, 4.69) is 5.32 Å². The van der Waals surface area contributed by atoms with Crippen LogP contribution in [0.25, 0.3) is 0 Å². The van der Waals surface area contributed by atoms with E-state index in [0.717, 1.165) is 12.1 Å². The average Bonchev–Trinajstić information content (AvgIpc) is 3.15. The fraction of sp³-hybridized carbons (Fsp3) is 0.400. The molecule has 2 aliphatic rings. The minimum Gasteiger partial charge on any atom is -0.481 e. The summed E-state index contributed by atoms with van der Waals surface area (Å²) in [5.41, 5.74) is 3.81. The number of rotatable bonds is 4. The van der Waals surface area contributed by atoms with E-state index in [1.54, 1.807) is 0 Å². The van der Waals surface area contributed by atoms with E-state index >= 15 is 0 Å². The Morgan fingerprint density at radius 2 is 1.75 bits per heavy atom. The second-order valence-corrected chi connectivity index (χ2v) is 6.25. The molecule has 0 heterocycles. The Bertz CT molecular complexity index is 735. The number of halogens is 2. The van der Waals surface area contributed by atoms with E-state index in [4.69, 9.17) is 10.8 Å². The van der Waals surface area contributed by atoms with Crippen LogP contribution in [0, 0.1) is 29.4 Å². The summed E-state index contributed by atoms with van der Waals surface area (Å²) in [6.07, 6.45) is -0.148. The summed E-state index contributed by atoms with van der Waals surface area (Å²) in [4.78, 5) is 34.8. The van der Waals surface area contributed by atoms with Gasteiger partial charge in [0, 0.05) is 23.6 Å². The van der Waals surface area contributed by atoms with Gasteiger partial charge in [0.25, 0.3) is 5.91 Å². The van der Waals surface area contributed by atoms with Crippen LogP contribution in [0.5, 0.6) is 0 Å². The maximum atomic E-state index is 13.2. The number of amides is 1. The van der Waals surface area contributed by atoms with Crippen LogP contribution in [0.15, 0.2) is 18.2 Å². The molecule has 128 valence electrons. The van der Waals surface area contributed by atoms with Crippen molar-refractivity contribution < 1.29 is 33.4 Å². The molecule has 0 bridgehead atoms. The van der Waals surface area contributed by atoms with Gasteiger partial charge in [-0.15, -0.1) is 0 Å². The number of hydrogen-bond acceptors (Lipinski definition) is 4. The lowest BCUT2D eigenvalue weighted by Crippen LogP contribution is -2.52. The van der Waals surface area contributed by atoms with Crippen molar-refractivity contribution in [2.75, 3.05) is 0 Å². The van der Waals surface area contributed by atoms with Gasteiger partial charge in [-0.3, -0.25) is 14.4 Å². The molecule has 0 aliphatic heterocycles. The third-order valence-electron chi connectivity index (χ3n) is 4.82. The summed E-state index contributed by atoms with van der Waals surface area (Å²) in [7, 11) is 0. The van der Waals surface area contributed by atoms with Crippen molar-refractivity contribution in [2.45, 2.75) is 18.0 Å². The van der Waals surface area contributed by atoms with Crippen molar-refractivity contribution in [1.29, 1.82) is 0 Å². The predicted molar refractivity (Wildman–Crippen MR) is 74.9 cm³/mol. The number of fused-ring (bicyclic) bond motifs is 1. The number of carbonyl (C=O) groups is 3. The first-order chi connectivity index (χ1) is 11.1. The summed E-state index contributed by atoms with van der Waals surface area (Å²) < 4.78 is 26.4. The molecule has 2 saturated carbocycles. The van der Waals surface area contributed by atoms with E-state index in [1.807, 2.05) is 0 Å². The average molecular weight is 340 g/mol. The van der Waals surface area contributed by atoms with Crippen LogP contribution in [0.1, 0.15) is 16.8 Å². The third kappa shape index (κ3) is 2.41. The van der Waals surface area contributed by atoms with Crippen LogP contribution < -0.4 is 11.1 Å². The lowest BCUT2D eigenvalue weighted by atomic mass is 9.90. The molecule has 1 aromatic carbocycles. The van der Waals surface area contributed by atoms with Crippen LogP contribution >= 0.6 is 0 Å². The van der Waals surface area contributed by atoms with E-state index in [9.17, 15) is 28.3 Å². The Kier molecular flexibility index (Phi) is 3.56. The van der Waals surface area contributed by atoms with Gasteiger partial charge in [0.15, 0.2) is 0 Å². The number of carbonyl (C=O) groups excluding carboxylic acids is 1. The lowest BCUT2D eigenvalue weighted by Gasteiger charge is -2.25. The van der Waals surface area contributed by atoms with Crippen molar-refractivity contribution in [2.24, 2.45) is 23.5 Å². The first-order valence-corrected chi connectivity index (χ1v) is 7.17. The quantitative estimate of drug-likeness (QED) is 0.619. The maximum absolute atomic E-state index is 13.2. The normalized spacial score (nSPS) is 33.6. The summed E-state index contributed by atoms with van der Waals surface area (Å²) in [6, 6.07) is 1.48. The van der Waals surface area contributed by atoms with Crippen LogP contribution in [0.3, 0.4) is 0 Å². The number of hydrogen-bond donors (Lipinski definition) is 4. The Morgan fingerprint density at radius 3 is 2.25 bits per heavy atom. The Hall–Kier alpha value is -2.55. The van der Waals surface area contributed by atoms with Gasteiger partial charge >= 0.3 is 11.9 Å². The second-order valence-electron chi connectivity index (χ2n) is 6.25. The van der Waals surface area contributed by atoms with Gasteiger partial charge in [-0.05, 0) is 24.5 Å². The number of benzene rings is 1. The summed E-state index contributed by atoms with van der Waals surface area (Å²) in [5.74, 6) is -7.58. The molecule has 1 amide bonds. The first kappa shape index (κ1) is 16.3. The van der Waals surface area contributed by atoms with Gasteiger partial charge in [0.1, 0.15) is 17.2 Å². The highest BCUT2D eigenvalue weighted by Gasteiger charge is 2.74. The van der Waals surface area contributed by atoms with E-state index in [1.165, 1.54) is 0 Å². The molecule has 9 heteroatoms. The Balaban J connectivity index is 1.81. The van der Waals surface area contributed by atoms with Crippen LogP contribution in [0.2, 0.25) is 0 Å². The molecule has 0 radical (unpaired) electrons. The van der Waals surface area contributed by atoms with Crippen LogP contribution in [-0.2, 0) is 9.59 Å². The fourth-order valence-electron chi connectivity index (χ4n) is 3.77. The molecule has 0 unspecified atom stereocenters. The molecule has 0 saturated heterocycles. The minimum atomic E-state index is -1.75. The SMILES string of the molecule is N[C@@]1(C(=O)O)C[C@H](NC(=O)c2cc(F)cc(F)c2)[C@H]2[C@H](C(=O)O)[C@H]21. The van der Waals surface area contributed by atoms with Crippen LogP contribution in [-0.4, -0.2) is 39.6 Å². The van der Waals surface area contributed by atoms with Gasteiger partial charge in [-0.2, -0.15) is 0 Å². The largest absolute Gasteiger partial charge is 0.481 e. The topological polar surface area (TPSA) is 130 Å². The second kappa shape index (κ2) is 5.23.